The largest absolute Gasteiger partial charge is 0.444 e. The number of fused-ring (bicyclic) bond motifs is 1. The summed E-state index contributed by atoms with van der Waals surface area (Å²) in [6.07, 6.45) is 2.60. The molecule has 1 amide bonds. The summed E-state index contributed by atoms with van der Waals surface area (Å²) in [7, 11) is 1.51. The Hall–Kier alpha value is -4.34. The molecule has 1 N–H and O–H groups in total. The molecule has 0 aliphatic carbocycles. The number of hydrogen-bond acceptors (Lipinski definition) is 6. The summed E-state index contributed by atoms with van der Waals surface area (Å²) in [5, 5.41) is 8.61. The Morgan fingerprint density at radius 2 is 1.74 bits per heavy atom. The van der Waals surface area contributed by atoms with E-state index < -0.39 is 5.60 Å². The van der Waals surface area contributed by atoms with Gasteiger partial charge in [0.2, 0.25) is 0 Å². The topological polar surface area (TPSA) is 103 Å². The normalized spacial score (nSPS) is 15.7. The van der Waals surface area contributed by atoms with Crippen LogP contribution >= 0.6 is 0 Å². The lowest BCUT2D eigenvalue weighted by molar-refractivity contribution is 0.00951. The fraction of sp³-hybridized carbons (Fsp3) is 0.455. The van der Waals surface area contributed by atoms with Crippen molar-refractivity contribution < 1.29 is 9.53 Å². The lowest BCUT2D eigenvalue weighted by Gasteiger charge is -2.37. The second-order valence-electron chi connectivity index (χ2n) is 12.8. The van der Waals surface area contributed by atoms with Crippen LogP contribution < -0.4 is 16.6 Å². The van der Waals surface area contributed by atoms with E-state index in [1.807, 2.05) is 82.0 Å². The maximum atomic E-state index is 13.5. The molecule has 0 radical (unpaired) electrons. The Morgan fingerprint density at radius 1 is 1.05 bits per heavy atom. The summed E-state index contributed by atoms with van der Waals surface area (Å²) in [5.74, 6) is 0.716. The molecule has 43 heavy (non-hydrogen) atoms. The lowest BCUT2D eigenvalue weighted by Crippen LogP contribution is -2.41. The highest BCUT2D eigenvalue weighted by molar-refractivity contribution is 5.89. The van der Waals surface area contributed by atoms with Gasteiger partial charge in [0.1, 0.15) is 16.8 Å². The molecular weight excluding hydrogens is 544 g/mol. The molecule has 3 heterocycles. The van der Waals surface area contributed by atoms with Crippen molar-refractivity contribution in [2.75, 3.05) is 11.9 Å². The van der Waals surface area contributed by atoms with Gasteiger partial charge in [-0.1, -0.05) is 56.3 Å². The molecule has 2 aromatic heterocycles. The first-order valence-electron chi connectivity index (χ1n) is 15.0. The zero-order chi connectivity index (χ0) is 30.9. The van der Waals surface area contributed by atoms with Crippen LogP contribution in [-0.4, -0.2) is 42.1 Å². The number of nitrogens with zero attached hydrogens (tertiary/aromatic N) is 5. The van der Waals surface area contributed by atoms with Gasteiger partial charge in [-0.25, -0.2) is 14.3 Å². The summed E-state index contributed by atoms with van der Waals surface area (Å²) >= 11 is 0. The maximum absolute atomic E-state index is 13.5. The monoisotopic (exact) mass is 586 g/mol. The third kappa shape index (κ3) is 6.53. The standard InChI is InChI=1S/C33H42N6O4/c1-22(2)20-38-29-27(30(40)36(6)31(38)41)28(34-25-12-8-7-9-13-25)39(35-29)21-23-15-17-24(18-16-23)26-14-10-11-19-37(26)32(42)43-33(3,4)5/h7-9,12-13,15-18,22,26,34H,10-11,14,19-21H2,1-6H3. The van der Waals surface area contributed by atoms with Crippen LogP contribution in [0.3, 0.4) is 0 Å². The molecule has 1 fully saturated rings. The molecule has 1 saturated heterocycles. The number of rotatable bonds is 7. The maximum Gasteiger partial charge on any atom is 0.410 e. The summed E-state index contributed by atoms with van der Waals surface area (Å²) in [6.45, 7) is 11.2. The predicted octanol–water partition coefficient (Wildman–Crippen LogP) is 5.81. The van der Waals surface area contributed by atoms with E-state index in [2.05, 4.69) is 17.4 Å². The molecule has 1 atom stereocenters. The van der Waals surface area contributed by atoms with Gasteiger partial charge in [-0.05, 0) is 69.2 Å². The summed E-state index contributed by atoms with van der Waals surface area (Å²) in [4.78, 5) is 41.4. The average molecular weight is 587 g/mol. The predicted molar refractivity (Wildman–Crippen MR) is 169 cm³/mol. The molecule has 10 heteroatoms. The number of ether oxygens (including phenoxy) is 1. The van der Waals surface area contributed by atoms with Crippen LogP contribution in [0, 0.1) is 5.92 Å². The molecule has 228 valence electrons. The first kappa shape index (κ1) is 30.1. The van der Waals surface area contributed by atoms with Crippen molar-refractivity contribution in [1.82, 2.24) is 23.8 Å². The molecule has 10 nitrogen and oxygen atoms in total. The van der Waals surface area contributed by atoms with Crippen molar-refractivity contribution in [1.29, 1.82) is 0 Å². The number of para-hydroxylation sites is 1. The molecular formula is C33H42N6O4. The number of piperidine rings is 1. The van der Waals surface area contributed by atoms with Gasteiger partial charge >= 0.3 is 11.8 Å². The zero-order valence-corrected chi connectivity index (χ0v) is 26.0. The molecule has 1 aliphatic heterocycles. The van der Waals surface area contributed by atoms with Crippen LogP contribution in [0.1, 0.15) is 71.0 Å². The molecule has 0 spiro atoms. The molecule has 0 bridgehead atoms. The van der Waals surface area contributed by atoms with E-state index in [0.29, 0.717) is 36.5 Å². The Kier molecular flexibility index (Phi) is 8.48. The SMILES string of the molecule is CC(C)Cn1c(=O)n(C)c(=O)c2c(Nc3ccccc3)n(Cc3ccc(C4CCCCN4C(=O)OC(C)(C)C)cc3)nc21. The Labute approximate surface area is 251 Å². The molecule has 4 aromatic rings. The van der Waals surface area contributed by atoms with E-state index in [4.69, 9.17) is 9.84 Å². The van der Waals surface area contributed by atoms with Gasteiger partial charge in [0, 0.05) is 25.8 Å². The van der Waals surface area contributed by atoms with Crippen molar-refractivity contribution in [2.45, 2.75) is 78.6 Å². The van der Waals surface area contributed by atoms with E-state index in [9.17, 15) is 14.4 Å². The van der Waals surface area contributed by atoms with Gasteiger partial charge in [0.25, 0.3) is 5.56 Å². The number of anilines is 2. The number of carbonyl (C=O) groups is 1. The molecule has 1 unspecified atom stereocenters. The first-order valence-corrected chi connectivity index (χ1v) is 15.0. The number of nitrogens with one attached hydrogen (secondary N) is 1. The highest BCUT2D eigenvalue weighted by atomic mass is 16.6. The molecule has 1 aliphatic rings. The van der Waals surface area contributed by atoms with Crippen molar-refractivity contribution in [3.63, 3.8) is 0 Å². The van der Waals surface area contributed by atoms with Crippen LogP contribution in [0.2, 0.25) is 0 Å². The Bertz CT molecular complexity index is 1710. The quantitative estimate of drug-likeness (QED) is 0.293. The van der Waals surface area contributed by atoms with Gasteiger partial charge in [-0.15, -0.1) is 0 Å². The van der Waals surface area contributed by atoms with Crippen LogP contribution in [-0.2, 0) is 24.9 Å². The summed E-state index contributed by atoms with van der Waals surface area (Å²) in [6, 6.07) is 17.8. The number of likely N-dealkylation sites (tertiary alicyclic amines) is 1. The minimum absolute atomic E-state index is 0.0475. The van der Waals surface area contributed by atoms with Gasteiger partial charge < -0.3 is 15.0 Å². The lowest BCUT2D eigenvalue weighted by atomic mass is 9.95. The number of carbonyl (C=O) groups excluding carboxylic acids is 1. The summed E-state index contributed by atoms with van der Waals surface area (Å²) in [5.41, 5.74) is 1.89. The summed E-state index contributed by atoms with van der Waals surface area (Å²) < 4.78 is 10.2. The van der Waals surface area contributed by atoms with Crippen molar-refractivity contribution in [3.8, 4) is 0 Å². The van der Waals surface area contributed by atoms with Crippen LogP contribution in [0.15, 0.2) is 64.2 Å². The van der Waals surface area contributed by atoms with Crippen molar-refractivity contribution in [3.05, 3.63) is 86.6 Å². The second kappa shape index (κ2) is 12.1. The number of aromatic nitrogens is 4. The Balaban J connectivity index is 1.52. The second-order valence-corrected chi connectivity index (χ2v) is 12.8. The number of hydrogen-bond donors (Lipinski definition) is 1. The first-order chi connectivity index (χ1) is 20.4. The van der Waals surface area contributed by atoms with E-state index in [1.165, 1.54) is 7.05 Å². The third-order valence-electron chi connectivity index (χ3n) is 7.64. The van der Waals surface area contributed by atoms with Crippen LogP contribution in [0.25, 0.3) is 11.0 Å². The molecule has 2 aromatic carbocycles. The van der Waals surface area contributed by atoms with E-state index >= 15 is 0 Å². The fourth-order valence-electron chi connectivity index (χ4n) is 5.63. The fourth-order valence-corrected chi connectivity index (χ4v) is 5.63. The smallest absolute Gasteiger partial charge is 0.410 e. The van der Waals surface area contributed by atoms with Crippen molar-refractivity contribution >= 4 is 28.6 Å². The number of amides is 1. The van der Waals surface area contributed by atoms with E-state index in [-0.39, 0.29) is 29.3 Å². The van der Waals surface area contributed by atoms with Gasteiger partial charge in [0.05, 0.1) is 12.6 Å². The van der Waals surface area contributed by atoms with E-state index in [0.717, 1.165) is 40.6 Å². The third-order valence-corrected chi connectivity index (χ3v) is 7.64. The van der Waals surface area contributed by atoms with E-state index in [1.54, 1.807) is 9.25 Å². The Morgan fingerprint density at radius 3 is 2.40 bits per heavy atom. The molecule has 5 rings (SSSR count). The minimum Gasteiger partial charge on any atom is -0.444 e. The highest BCUT2D eigenvalue weighted by Crippen LogP contribution is 2.33. The average Bonchev–Trinajstić information content (AvgIpc) is 3.31. The van der Waals surface area contributed by atoms with Crippen LogP contribution in [0.5, 0.6) is 0 Å². The highest BCUT2D eigenvalue weighted by Gasteiger charge is 2.31. The van der Waals surface area contributed by atoms with Gasteiger partial charge in [-0.2, -0.15) is 5.10 Å². The van der Waals surface area contributed by atoms with Crippen LogP contribution in [0.4, 0.5) is 16.3 Å². The van der Waals surface area contributed by atoms with Gasteiger partial charge in [-0.3, -0.25) is 13.9 Å². The minimum atomic E-state index is -0.553. The number of benzene rings is 2. The molecule has 0 saturated carbocycles. The zero-order valence-electron chi connectivity index (χ0n) is 26.0. The van der Waals surface area contributed by atoms with Crippen molar-refractivity contribution in [2.24, 2.45) is 13.0 Å². The van der Waals surface area contributed by atoms with Gasteiger partial charge in [0.15, 0.2) is 5.65 Å².